The lowest BCUT2D eigenvalue weighted by Gasteiger charge is -2.45. The number of benzene rings is 1. The Balaban J connectivity index is 1.32. The number of ether oxygens (including phenoxy) is 1. The first kappa shape index (κ1) is 20.9. The molecule has 4 rings (SSSR count). The molecule has 4 unspecified atom stereocenters. The average Bonchev–Trinajstić information content (AvgIpc) is 2.74. The highest BCUT2D eigenvalue weighted by Crippen LogP contribution is 2.51. The van der Waals surface area contributed by atoms with Gasteiger partial charge in [0.15, 0.2) is 0 Å². The van der Waals surface area contributed by atoms with Crippen molar-refractivity contribution in [3.63, 3.8) is 0 Å². The van der Waals surface area contributed by atoms with E-state index in [2.05, 4.69) is 13.5 Å². The molecule has 2 heteroatoms. The summed E-state index contributed by atoms with van der Waals surface area (Å²) in [7, 11) is 0. The summed E-state index contributed by atoms with van der Waals surface area (Å²) in [4.78, 5) is 0. The largest absolute Gasteiger partial charge is 0.493 e. The van der Waals surface area contributed by atoms with E-state index in [1.54, 1.807) is 6.07 Å². The van der Waals surface area contributed by atoms with Crippen LogP contribution in [0.4, 0.5) is 4.39 Å². The van der Waals surface area contributed by atoms with Gasteiger partial charge in [-0.3, -0.25) is 0 Å². The number of fused-ring (bicyclic) bond motifs is 1. The lowest BCUT2D eigenvalue weighted by atomic mass is 9.60. The molecular weight excluding hydrogens is 359 g/mol. The van der Waals surface area contributed by atoms with Gasteiger partial charge < -0.3 is 4.74 Å². The first-order valence-corrected chi connectivity index (χ1v) is 12.2. The van der Waals surface area contributed by atoms with Crippen LogP contribution < -0.4 is 4.74 Å². The monoisotopic (exact) mass is 398 g/mol. The fourth-order valence-electron chi connectivity index (χ4n) is 6.58. The molecule has 29 heavy (non-hydrogen) atoms. The maximum atomic E-state index is 14.8. The van der Waals surface area contributed by atoms with E-state index in [0.29, 0.717) is 18.3 Å². The van der Waals surface area contributed by atoms with Crippen LogP contribution in [0.2, 0.25) is 0 Å². The van der Waals surface area contributed by atoms with Crippen LogP contribution in [0.15, 0.2) is 30.9 Å². The maximum absolute atomic E-state index is 14.8. The molecule has 0 aromatic heterocycles. The summed E-state index contributed by atoms with van der Waals surface area (Å²) in [5.74, 6) is 5.60. The Hall–Kier alpha value is -1.31. The fourth-order valence-corrected chi connectivity index (χ4v) is 6.58. The Morgan fingerprint density at radius 2 is 1.59 bits per heavy atom. The normalized spacial score (nSPS) is 35.0. The Bertz CT molecular complexity index is 675. The van der Waals surface area contributed by atoms with Crippen LogP contribution in [0.25, 0.3) is 0 Å². The highest BCUT2D eigenvalue weighted by atomic mass is 19.1. The zero-order chi connectivity index (χ0) is 20.2. The smallest absolute Gasteiger partial charge is 0.130 e. The van der Waals surface area contributed by atoms with E-state index >= 15 is 0 Å². The zero-order valence-electron chi connectivity index (χ0n) is 18.3. The van der Waals surface area contributed by atoms with E-state index in [9.17, 15) is 4.39 Å². The Labute approximate surface area is 177 Å². The van der Waals surface area contributed by atoms with Gasteiger partial charge in [-0.2, -0.15) is 0 Å². The Kier molecular flexibility index (Phi) is 6.98. The first-order chi connectivity index (χ1) is 14.1. The van der Waals surface area contributed by atoms with Crippen molar-refractivity contribution in [1.82, 2.24) is 0 Å². The molecule has 0 aliphatic heterocycles. The lowest BCUT2D eigenvalue weighted by Crippen LogP contribution is -2.34. The number of halogens is 1. The third-order valence-corrected chi connectivity index (χ3v) is 8.38. The summed E-state index contributed by atoms with van der Waals surface area (Å²) in [6.45, 7) is 6.69. The van der Waals surface area contributed by atoms with Crippen LogP contribution in [-0.2, 0) is 0 Å². The van der Waals surface area contributed by atoms with Crippen molar-refractivity contribution < 1.29 is 9.13 Å². The molecule has 3 aliphatic rings. The minimum absolute atomic E-state index is 0.0745. The molecule has 3 saturated carbocycles. The molecule has 1 aromatic rings. The predicted octanol–water partition coefficient (Wildman–Crippen LogP) is 7.91. The van der Waals surface area contributed by atoms with Gasteiger partial charge in [0.1, 0.15) is 11.6 Å². The molecule has 0 radical (unpaired) electrons. The minimum atomic E-state index is -0.0745. The molecule has 4 atom stereocenters. The van der Waals surface area contributed by atoms with E-state index in [1.807, 2.05) is 18.2 Å². The third-order valence-electron chi connectivity index (χ3n) is 8.38. The van der Waals surface area contributed by atoms with Gasteiger partial charge in [-0.25, -0.2) is 4.39 Å². The van der Waals surface area contributed by atoms with E-state index in [0.717, 1.165) is 48.0 Å². The molecule has 0 spiro atoms. The van der Waals surface area contributed by atoms with Crippen molar-refractivity contribution in [3.8, 4) is 5.75 Å². The topological polar surface area (TPSA) is 9.23 Å². The third kappa shape index (κ3) is 5.06. The summed E-state index contributed by atoms with van der Waals surface area (Å²) >= 11 is 0. The van der Waals surface area contributed by atoms with Crippen molar-refractivity contribution in [2.24, 2.45) is 29.6 Å². The first-order valence-electron chi connectivity index (χ1n) is 12.2. The quantitative estimate of drug-likeness (QED) is 0.349. The van der Waals surface area contributed by atoms with Crippen LogP contribution in [-0.4, -0.2) is 6.61 Å². The Morgan fingerprint density at radius 1 is 0.931 bits per heavy atom. The summed E-state index contributed by atoms with van der Waals surface area (Å²) in [5, 5.41) is 0. The molecule has 0 bridgehead atoms. The molecule has 160 valence electrons. The second-order valence-corrected chi connectivity index (χ2v) is 10.2. The van der Waals surface area contributed by atoms with Gasteiger partial charge in [0.25, 0.3) is 0 Å². The lowest BCUT2D eigenvalue weighted by molar-refractivity contribution is 0.0727. The summed E-state index contributed by atoms with van der Waals surface area (Å²) < 4.78 is 20.4. The molecular formula is C27H39FO. The second-order valence-electron chi connectivity index (χ2n) is 10.2. The van der Waals surface area contributed by atoms with E-state index < -0.39 is 0 Å². The number of rotatable bonds is 6. The fraction of sp³-hybridized carbons (Fsp3) is 0.704. The van der Waals surface area contributed by atoms with Gasteiger partial charge in [0.2, 0.25) is 0 Å². The molecule has 1 aromatic carbocycles. The van der Waals surface area contributed by atoms with Crippen LogP contribution in [0, 0.1) is 35.4 Å². The van der Waals surface area contributed by atoms with Gasteiger partial charge >= 0.3 is 0 Å². The molecule has 0 N–H and O–H groups in total. The van der Waals surface area contributed by atoms with Crippen molar-refractivity contribution in [3.05, 3.63) is 42.2 Å². The van der Waals surface area contributed by atoms with Crippen molar-refractivity contribution in [1.29, 1.82) is 0 Å². The van der Waals surface area contributed by atoms with Crippen molar-refractivity contribution >= 4 is 0 Å². The SMILES string of the molecule is C=CCCOc1ccc(C2CCC3CC(C4CCC(C)CC4)CCC3C2)c(F)c1. The highest BCUT2D eigenvalue weighted by Gasteiger charge is 2.39. The van der Waals surface area contributed by atoms with E-state index in [1.165, 1.54) is 57.8 Å². The van der Waals surface area contributed by atoms with Crippen molar-refractivity contribution in [2.75, 3.05) is 6.61 Å². The van der Waals surface area contributed by atoms with Gasteiger partial charge in [0, 0.05) is 6.07 Å². The van der Waals surface area contributed by atoms with Crippen LogP contribution >= 0.6 is 0 Å². The van der Waals surface area contributed by atoms with Gasteiger partial charge in [-0.15, -0.1) is 6.58 Å². The number of hydrogen-bond acceptors (Lipinski definition) is 1. The molecule has 0 saturated heterocycles. The minimum Gasteiger partial charge on any atom is -0.493 e. The van der Waals surface area contributed by atoms with Gasteiger partial charge in [-0.05, 0) is 105 Å². The van der Waals surface area contributed by atoms with Gasteiger partial charge in [-0.1, -0.05) is 31.9 Å². The summed E-state index contributed by atoms with van der Waals surface area (Å²) in [5.41, 5.74) is 0.919. The number of hydrogen-bond donors (Lipinski definition) is 0. The Morgan fingerprint density at radius 3 is 2.31 bits per heavy atom. The summed E-state index contributed by atoms with van der Waals surface area (Å²) in [6, 6.07) is 5.53. The zero-order valence-corrected chi connectivity index (χ0v) is 18.3. The molecule has 3 aliphatic carbocycles. The van der Waals surface area contributed by atoms with Crippen LogP contribution in [0.5, 0.6) is 5.75 Å². The predicted molar refractivity (Wildman–Crippen MR) is 119 cm³/mol. The molecule has 0 amide bonds. The molecule has 1 nitrogen and oxygen atoms in total. The van der Waals surface area contributed by atoms with E-state index in [-0.39, 0.29) is 5.82 Å². The van der Waals surface area contributed by atoms with Crippen LogP contribution in [0.3, 0.4) is 0 Å². The van der Waals surface area contributed by atoms with Gasteiger partial charge in [0.05, 0.1) is 6.61 Å². The van der Waals surface area contributed by atoms with Crippen molar-refractivity contribution in [2.45, 2.75) is 83.5 Å². The van der Waals surface area contributed by atoms with E-state index in [4.69, 9.17) is 4.74 Å². The molecule has 0 heterocycles. The molecule has 3 fully saturated rings. The second kappa shape index (κ2) is 9.67. The van der Waals surface area contributed by atoms with Crippen LogP contribution in [0.1, 0.15) is 89.0 Å². The highest BCUT2D eigenvalue weighted by molar-refractivity contribution is 5.31. The average molecular weight is 399 g/mol. The maximum Gasteiger partial charge on any atom is 0.130 e. The standard InChI is InChI=1S/C27H39FO/c1-3-4-15-29-25-13-14-26(27(28)18-25)24-12-11-22-16-21(9-10-23(22)17-24)20-7-5-19(2)6-8-20/h3,13-14,18-24H,1,4-12,15-17H2,2H3. The summed E-state index contributed by atoms with van der Waals surface area (Å²) in [6.07, 6.45) is 16.3.